The van der Waals surface area contributed by atoms with Gasteiger partial charge in [-0.1, -0.05) is 0 Å². The second-order valence-electron chi connectivity index (χ2n) is 2.84. The number of rotatable bonds is 2. The zero-order chi connectivity index (χ0) is 11.0. The minimum absolute atomic E-state index is 0.114. The van der Waals surface area contributed by atoms with Gasteiger partial charge in [-0.25, -0.2) is 9.78 Å². The third kappa shape index (κ3) is 1.50. The number of pyridine rings is 1. The van der Waals surface area contributed by atoms with E-state index in [0.29, 0.717) is 5.65 Å². The van der Waals surface area contributed by atoms with Crippen molar-refractivity contribution in [3.8, 4) is 0 Å². The zero-order valence-corrected chi connectivity index (χ0v) is 7.32. The van der Waals surface area contributed by atoms with E-state index in [2.05, 4.69) is 4.98 Å². The van der Waals surface area contributed by atoms with Gasteiger partial charge in [-0.2, -0.15) is 0 Å². The van der Waals surface area contributed by atoms with Gasteiger partial charge in [0.2, 0.25) is 0 Å². The summed E-state index contributed by atoms with van der Waals surface area (Å²) in [5.41, 5.74) is 0.102. The van der Waals surface area contributed by atoms with Gasteiger partial charge in [-0.15, -0.1) is 0 Å². The molecule has 0 atom stereocenters. The van der Waals surface area contributed by atoms with E-state index in [4.69, 9.17) is 5.11 Å². The van der Waals surface area contributed by atoms with E-state index in [1.807, 2.05) is 0 Å². The molecule has 15 heavy (non-hydrogen) atoms. The van der Waals surface area contributed by atoms with Crippen LogP contribution in [0.2, 0.25) is 0 Å². The topological polar surface area (TPSA) is 97.7 Å². The summed E-state index contributed by atoms with van der Waals surface area (Å²) in [5, 5.41) is 19.1. The van der Waals surface area contributed by atoms with Crippen molar-refractivity contribution in [3.05, 3.63) is 40.3 Å². The Morgan fingerprint density at radius 3 is 2.80 bits per heavy atom. The Labute approximate surface area is 82.7 Å². The molecule has 0 aliphatic heterocycles. The first kappa shape index (κ1) is 9.13. The molecule has 0 spiro atoms. The Hall–Kier alpha value is -2.44. The van der Waals surface area contributed by atoms with E-state index in [-0.39, 0.29) is 11.4 Å². The quantitative estimate of drug-likeness (QED) is 0.583. The molecule has 0 fully saturated rings. The van der Waals surface area contributed by atoms with Gasteiger partial charge in [0.25, 0.3) is 5.69 Å². The molecule has 0 aliphatic carbocycles. The zero-order valence-electron chi connectivity index (χ0n) is 7.32. The average molecular weight is 207 g/mol. The number of fused-ring (bicyclic) bond motifs is 1. The van der Waals surface area contributed by atoms with Crippen LogP contribution >= 0.6 is 0 Å². The minimum atomic E-state index is -1.17. The van der Waals surface area contributed by atoms with E-state index in [0.717, 1.165) is 0 Å². The van der Waals surface area contributed by atoms with Gasteiger partial charge in [-0.05, 0) is 6.07 Å². The summed E-state index contributed by atoms with van der Waals surface area (Å²) >= 11 is 0. The van der Waals surface area contributed by atoms with E-state index in [1.165, 1.54) is 28.9 Å². The highest BCUT2D eigenvalue weighted by atomic mass is 16.6. The van der Waals surface area contributed by atoms with E-state index in [1.54, 1.807) is 0 Å². The first-order valence-electron chi connectivity index (χ1n) is 3.94. The lowest BCUT2D eigenvalue weighted by Gasteiger charge is -1.92. The molecule has 0 saturated heterocycles. The van der Waals surface area contributed by atoms with Gasteiger partial charge in [0.1, 0.15) is 5.65 Å². The minimum Gasteiger partial charge on any atom is -0.476 e. The number of aromatic nitrogens is 2. The molecule has 0 amide bonds. The number of hydrogen-bond acceptors (Lipinski definition) is 4. The third-order valence-corrected chi connectivity index (χ3v) is 1.87. The smallest absolute Gasteiger partial charge is 0.356 e. The fourth-order valence-electron chi connectivity index (χ4n) is 1.19. The number of carbonyl (C=O) groups is 1. The fraction of sp³-hybridized carbons (Fsp3) is 0. The number of carboxylic acid groups (broad SMARTS) is 1. The molecule has 0 bridgehead atoms. The molecule has 0 aliphatic rings. The van der Waals surface area contributed by atoms with E-state index in [9.17, 15) is 14.9 Å². The van der Waals surface area contributed by atoms with Crippen LogP contribution in [-0.2, 0) is 0 Å². The lowest BCUT2D eigenvalue weighted by atomic mass is 10.4. The highest BCUT2D eigenvalue weighted by Gasteiger charge is 2.11. The van der Waals surface area contributed by atoms with Crippen LogP contribution in [0.5, 0.6) is 0 Å². The maximum atomic E-state index is 10.6. The van der Waals surface area contributed by atoms with Crippen molar-refractivity contribution in [2.75, 3.05) is 0 Å². The van der Waals surface area contributed by atoms with Crippen LogP contribution in [0.4, 0.5) is 5.69 Å². The number of carboxylic acids is 1. The Kier molecular flexibility index (Phi) is 1.86. The predicted octanol–water partition coefficient (Wildman–Crippen LogP) is 0.941. The normalized spacial score (nSPS) is 10.4. The third-order valence-electron chi connectivity index (χ3n) is 1.87. The van der Waals surface area contributed by atoms with Crippen molar-refractivity contribution in [3.63, 3.8) is 0 Å². The summed E-state index contributed by atoms with van der Waals surface area (Å²) in [6.07, 6.45) is 2.44. The molecular weight excluding hydrogens is 202 g/mol. The van der Waals surface area contributed by atoms with Crippen LogP contribution in [0.1, 0.15) is 10.5 Å². The molecular formula is C8H5N3O4. The standard InChI is InChI=1S/C8H5N3O4/c12-8(13)6-4-10-3-5(11(14)15)1-2-7(10)9-6/h1-4H,(H,12,13). The highest BCUT2D eigenvalue weighted by molar-refractivity contribution is 5.86. The highest BCUT2D eigenvalue weighted by Crippen LogP contribution is 2.13. The maximum Gasteiger partial charge on any atom is 0.356 e. The summed E-state index contributed by atoms with van der Waals surface area (Å²) in [6.45, 7) is 0. The average Bonchev–Trinajstić information content (AvgIpc) is 2.59. The molecule has 76 valence electrons. The molecule has 2 heterocycles. The van der Waals surface area contributed by atoms with Crippen molar-refractivity contribution in [2.24, 2.45) is 0 Å². The second kappa shape index (κ2) is 3.05. The van der Waals surface area contributed by atoms with Gasteiger partial charge in [-0.3, -0.25) is 14.5 Å². The number of hydrogen-bond donors (Lipinski definition) is 1. The second-order valence-corrected chi connectivity index (χ2v) is 2.84. The van der Waals surface area contributed by atoms with E-state index >= 15 is 0 Å². The Morgan fingerprint density at radius 2 is 2.20 bits per heavy atom. The first-order chi connectivity index (χ1) is 7.08. The monoisotopic (exact) mass is 207 g/mol. The molecule has 7 nitrogen and oxygen atoms in total. The van der Waals surface area contributed by atoms with Crippen molar-refractivity contribution in [1.82, 2.24) is 9.38 Å². The molecule has 7 heteroatoms. The SMILES string of the molecule is O=C(O)c1cn2cc([N+](=O)[O-])ccc2n1. The maximum absolute atomic E-state index is 10.6. The summed E-state index contributed by atoms with van der Waals surface area (Å²) in [5.74, 6) is -1.17. The molecule has 2 aromatic heterocycles. The summed E-state index contributed by atoms with van der Waals surface area (Å²) in [7, 11) is 0. The fourth-order valence-corrected chi connectivity index (χ4v) is 1.19. The van der Waals surface area contributed by atoms with Crippen LogP contribution in [0.15, 0.2) is 24.5 Å². The first-order valence-corrected chi connectivity index (χ1v) is 3.94. The summed E-state index contributed by atoms with van der Waals surface area (Å²) < 4.78 is 1.31. The van der Waals surface area contributed by atoms with Crippen molar-refractivity contribution >= 4 is 17.3 Å². The lowest BCUT2D eigenvalue weighted by molar-refractivity contribution is -0.385. The van der Waals surface area contributed by atoms with Crippen LogP contribution in [0.25, 0.3) is 5.65 Å². The molecule has 0 unspecified atom stereocenters. The molecule has 0 aromatic carbocycles. The summed E-state index contributed by atoms with van der Waals surface area (Å²) in [4.78, 5) is 24.2. The number of nitrogens with zero attached hydrogens (tertiary/aromatic N) is 3. The van der Waals surface area contributed by atoms with Crippen LogP contribution in [-0.4, -0.2) is 25.4 Å². The van der Waals surface area contributed by atoms with Crippen LogP contribution < -0.4 is 0 Å². The number of nitro groups is 1. The van der Waals surface area contributed by atoms with Crippen molar-refractivity contribution in [1.29, 1.82) is 0 Å². The van der Waals surface area contributed by atoms with Gasteiger partial charge in [0.15, 0.2) is 5.69 Å². The Bertz CT molecular complexity index is 548. The largest absolute Gasteiger partial charge is 0.476 e. The van der Waals surface area contributed by atoms with Gasteiger partial charge >= 0.3 is 5.97 Å². The van der Waals surface area contributed by atoms with E-state index < -0.39 is 10.9 Å². The molecule has 1 N–H and O–H groups in total. The van der Waals surface area contributed by atoms with Gasteiger partial charge in [0.05, 0.1) is 11.1 Å². The van der Waals surface area contributed by atoms with Crippen LogP contribution in [0.3, 0.4) is 0 Å². The Balaban J connectivity index is 2.62. The number of imidazole rings is 1. The number of aromatic carboxylic acids is 1. The summed E-state index contributed by atoms with van der Waals surface area (Å²) in [6, 6.07) is 2.67. The van der Waals surface area contributed by atoms with Crippen molar-refractivity contribution in [2.45, 2.75) is 0 Å². The molecule has 2 rings (SSSR count). The molecule has 0 saturated carbocycles. The van der Waals surface area contributed by atoms with Gasteiger partial charge in [0, 0.05) is 12.3 Å². The lowest BCUT2D eigenvalue weighted by Crippen LogP contribution is -1.94. The molecule has 2 aromatic rings. The molecule has 0 radical (unpaired) electrons. The van der Waals surface area contributed by atoms with Crippen LogP contribution in [0, 0.1) is 10.1 Å². The Morgan fingerprint density at radius 1 is 1.47 bits per heavy atom. The predicted molar refractivity (Wildman–Crippen MR) is 48.8 cm³/mol. The van der Waals surface area contributed by atoms with Gasteiger partial charge < -0.3 is 5.11 Å². The van der Waals surface area contributed by atoms with Crippen molar-refractivity contribution < 1.29 is 14.8 Å².